The summed E-state index contributed by atoms with van der Waals surface area (Å²) in [5.74, 6) is -0.255. The first-order chi connectivity index (χ1) is 18.6. The van der Waals surface area contributed by atoms with E-state index in [-0.39, 0.29) is 30.2 Å². The largest absolute Gasteiger partial charge is 0.391 e. The molecule has 0 saturated carbocycles. The number of aromatic nitrogens is 1. The van der Waals surface area contributed by atoms with Crippen molar-refractivity contribution in [1.82, 2.24) is 15.1 Å². The van der Waals surface area contributed by atoms with E-state index in [2.05, 4.69) is 24.0 Å². The van der Waals surface area contributed by atoms with Crippen LogP contribution in [0.4, 0.5) is 4.39 Å². The number of aryl methyl sites for hydroxylation is 1. The molecule has 0 spiro atoms. The molecule has 0 bridgehead atoms. The Morgan fingerprint density at radius 2 is 1.92 bits per heavy atom. The van der Waals surface area contributed by atoms with Gasteiger partial charge in [0.1, 0.15) is 17.5 Å². The zero-order chi connectivity index (χ0) is 27.9. The summed E-state index contributed by atoms with van der Waals surface area (Å²) in [4.78, 5) is 15.7. The highest BCUT2D eigenvalue weighted by Crippen LogP contribution is 2.41. The maximum atomic E-state index is 14.4. The number of hydrogen-bond donors (Lipinski definition) is 1. The minimum Gasteiger partial charge on any atom is -0.391 e. The molecular weight excluding hydrogens is 495 g/mol. The smallest absolute Gasteiger partial charge is 0.234 e. The molecule has 3 heterocycles. The Bertz CT molecular complexity index is 1370. The van der Waals surface area contributed by atoms with Crippen LogP contribution in [0.2, 0.25) is 0 Å². The number of carbonyl (C=O) groups is 1. The van der Waals surface area contributed by atoms with E-state index in [0.717, 1.165) is 22.5 Å². The van der Waals surface area contributed by atoms with Gasteiger partial charge in [-0.1, -0.05) is 61.5 Å². The van der Waals surface area contributed by atoms with E-state index in [1.165, 1.54) is 6.07 Å². The van der Waals surface area contributed by atoms with Crippen LogP contribution in [0.3, 0.4) is 0 Å². The van der Waals surface area contributed by atoms with Gasteiger partial charge in [0, 0.05) is 37.6 Å². The van der Waals surface area contributed by atoms with Crippen molar-refractivity contribution < 1.29 is 18.8 Å². The molecule has 7 nitrogen and oxygen atoms in total. The molecule has 1 aromatic heterocycles. The number of carbonyl (C=O) groups excluding carboxylic acids is 1. The number of rotatable bonds is 7. The molecule has 1 fully saturated rings. The first kappa shape index (κ1) is 27.1. The normalized spacial score (nSPS) is 23.9. The highest BCUT2D eigenvalue weighted by molar-refractivity contribution is 5.96. The Morgan fingerprint density at radius 3 is 2.54 bits per heavy atom. The predicted molar refractivity (Wildman–Crippen MR) is 149 cm³/mol. The van der Waals surface area contributed by atoms with Gasteiger partial charge in [-0.2, -0.15) is 5.10 Å². The van der Waals surface area contributed by atoms with Crippen LogP contribution in [0, 0.1) is 18.7 Å². The van der Waals surface area contributed by atoms with Crippen molar-refractivity contribution in [2.24, 2.45) is 11.0 Å². The number of nitrogens with zero attached hydrogens (tertiary/aromatic N) is 4. The second kappa shape index (κ2) is 10.6. The minimum atomic E-state index is -0.618. The lowest BCUT2D eigenvalue weighted by atomic mass is 9.84. The Labute approximate surface area is 229 Å². The van der Waals surface area contributed by atoms with Gasteiger partial charge in [-0.3, -0.25) is 9.80 Å². The van der Waals surface area contributed by atoms with Gasteiger partial charge in [0.05, 0.1) is 29.1 Å². The lowest BCUT2D eigenvalue weighted by Crippen LogP contribution is -2.44. The van der Waals surface area contributed by atoms with Crippen LogP contribution in [-0.2, 0) is 10.3 Å². The molecule has 4 atom stereocenters. The summed E-state index contributed by atoms with van der Waals surface area (Å²) >= 11 is 0. The Morgan fingerprint density at radius 1 is 1.21 bits per heavy atom. The van der Waals surface area contributed by atoms with E-state index in [0.29, 0.717) is 30.7 Å². The highest BCUT2D eigenvalue weighted by Gasteiger charge is 2.47. The fourth-order valence-corrected chi connectivity index (χ4v) is 6.12. The van der Waals surface area contributed by atoms with Crippen molar-refractivity contribution in [2.75, 3.05) is 13.1 Å². The minimum absolute atomic E-state index is 0.000804. The number of benzene rings is 2. The van der Waals surface area contributed by atoms with Crippen LogP contribution in [-0.4, -0.2) is 57.0 Å². The van der Waals surface area contributed by atoms with Crippen molar-refractivity contribution in [3.05, 3.63) is 77.4 Å². The third-order valence-electron chi connectivity index (χ3n) is 8.17. The van der Waals surface area contributed by atoms with Gasteiger partial charge in [0.2, 0.25) is 5.91 Å². The molecule has 2 aromatic carbocycles. The van der Waals surface area contributed by atoms with Crippen molar-refractivity contribution >= 4 is 11.6 Å². The van der Waals surface area contributed by atoms with Gasteiger partial charge in [0.25, 0.3) is 0 Å². The van der Waals surface area contributed by atoms with Gasteiger partial charge >= 0.3 is 0 Å². The molecular formula is C31H37FN4O3. The molecule has 1 N–H and O–H groups in total. The molecule has 1 unspecified atom stereocenters. The summed E-state index contributed by atoms with van der Waals surface area (Å²) in [6, 6.07) is 16.3. The van der Waals surface area contributed by atoms with Crippen molar-refractivity contribution in [2.45, 2.75) is 71.1 Å². The van der Waals surface area contributed by atoms with E-state index in [1.807, 2.05) is 57.2 Å². The molecule has 206 valence electrons. The van der Waals surface area contributed by atoms with Crippen molar-refractivity contribution in [3.63, 3.8) is 0 Å². The van der Waals surface area contributed by atoms with Crippen LogP contribution in [0.5, 0.6) is 0 Å². The molecule has 5 rings (SSSR count). The average Bonchev–Trinajstić information content (AvgIpc) is 3.61. The van der Waals surface area contributed by atoms with E-state index in [4.69, 9.17) is 9.62 Å². The zero-order valence-corrected chi connectivity index (χ0v) is 23.3. The third-order valence-corrected chi connectivity index (χ3v) is 8.17. The van der Waals surface area contributed by atoms with E-state index in [9.17, 15) is 14.3 Å². The van der Waals surface area contributed by atoms with Crippen molar-refractivity contribution in [3.8, 4) is 11.1 Å². The first-order valence-electron chi connectivity index (χ1n) is 13.7. The second-order valence-electron chi connectivity index (χ2n) is 11.3. The number of likely N-dealkylation sites (tertiary alicyclic amines) is 1. The molecule has 0 aliphatic carbocycles. The number of halogens is 1. The summed E-state index contributed by atoms with van der Waals surface area (Å²) in [6.07, 6.45) is 0.451. The quantitative estimate of drug-likeness (QED) is 0.435. The Balaban J connectivity index is 1.41. The first-order valence-corrected chi connectivity index (χ1v) is 13.7. The van der Waals surface area contributed by atoms with Gasteiger partial charge in [0.15, 0.2) is 0 Å². The van der Waals surface area contributed by atoms with E-state index < -0.39 is 17.6 Å². The van der Waals surface area contributed by atoms with Crippen LogP contribution < -0.4 is 0 Å². The maximum Gasteiger partial charge on any atom is 0.234 e. The molecule has 3 aromatic rings. The summed E-state index contributed by atoms with van der Waals surface area (Å²) in [7, 11) is 0. The van der Waals surface area contributed by atoms with Gasteiger partial charge in [-0.15, -0.1) is 0 Å². The lowest BCUT2D eigenvalue weighted by Gasteiger charge is -2.34. The van der Waals surface area contributed by atoms with Gasteiger partial charge in [-0.25, -0.2) is 4.39 Å². The summed E-state index contributed by atoms with van der Waals surface area (Å²) in [6.45, 7) is 11.0. The summed E-state index contributed by atoms with van der Waals surface area (Å²) < 4.78 is 19.9. The number of amides is 1. The Hall–Kier alpha value is -3.52. The average molecular weight is 533 g/mol. The number of aliphatic hydroxyl groups excluding tert-OH is 1. The van der Waals surface area contributed by atoms with Crippen LogP contribution in [0.1, 0.15) is 63.5 Å². The third kappa shape index (κ3) is 4.98. The second-order valence-corrected chi connectivity index (χ2v) is 11.3. The monoisotopic (exact) mass is 532 g/mol. The standard InChI is InChI=1S/C31H37FN4O3/c1-6-36-31(5,22-13-11-21(12-14-22)24-9-7-8-10-25(24)32)17-26(33-36)27-16-23(37)18-35(27)30(38)29(19(2)3)28-15-20(4)34-39-28/h7-15,19,23,27,29,37H,6,16-18H2,1-5H3/t23-,27?,29-,31+/m1/s1. The molecule has 1 saturated heterocycles. The molecule has 2 aliphatic rings. The fraction of sp³-hybridized carbons (Fsp3) is 0.452. The predicted octanol–water partition coefficient (Wildman–Crippen LogP) is 5.49. The van der Waals surface area contributed by atoms with Gasteiger partial charge in [-0.05, 0) is 43.9 Å². The highest BCUT2D eigenvalue weighted by atomic mass is 19.1. The van der Waals surface area contributed by atoms with Crippen LogP contribution in [0.25, 0.3) is 11.1 Å². The molecule has 39 heavy (non-hydrogen) atoms. The Kier molecular flexibility index (Phi) is 7.33. The SMILES string of the molecule is CCN1N=C(C2C[C@@H](O)CN2C(=O)[C@@H](c2cc(C)no2)C(C)C)C[C@@]1(C)c1ccc(-c2ccccc2F)cc1. The van der Waals surface area contributed by atoms with Crippen LogP contribution in [0.15, 0.2) is 64.2 Å². The molecule has 0 radical (unpaired) electrons. The maximum absolute atomic E-state index is 14.4. The molecule has 2 aliphatic heterocycles. The van der Waals surface area contributed by atoms with Crippen molar-refractivity contribution in [1.29, 1.82) is 0 Å². The number of hydrazone groups is 1. The van der Waals surface area contributed by atoms with Crippen LogP contribution >= 0.6 is 0 Å². The number of hydrogen-bond acceptors (Lipinski definition) is 6. The molecule has 1 amide bonds. The number of aliphatic hydroxyl groups is 1. The summed E-state index contributed by atoms with van der Waals surface area (Å²) in [5.41, 5.74) is 3.65. The lowest BCUT2D eigenvalue weighted by molar-refractivity contribution is -0.134. The topological polar surface area (TPSA) is 82.2 Å². The fourth-order valence-electron chi connectivity index (χ4n) is 6.12. The van der Waals surface area contributed by atoms with Gasteiger partial charge < -0.3 is 14.5 Å². The van der Waals surface area contributed by atoms with E-state index >= 15 is 0 Å². The summed E-state index contributed by atoms with van der Waals surface area (Å²) in [5, 5.41) is 21.7. The number of β-amino-alcohol motifs (C(OH)–C–C–N with tert-alkyl or cyclic N) is 1. The zero-order valence-electron chi connectivity index (χ0n) is 23.3. The molecule has 8 heteroatoms. The van der Waals surface area contributed by atoms with E-state index in [1.54, 1.807) is 17.0 Å².